The molecule has 2 aliphatic heterocycles. The second-order valence-corrected chi connectivity index (χ2v) is 11.1. The lowest BCUT2D eigenvalue weighted by Crippen LogP contribution is -2.20. The van der Waals surface area contributed by atoms with Gasteiger partial charge in [0.05, 0.1) is 39.2 Å². The van der Waals surface area contributed by atoms with Gasteiger partial charge in [-0.15, -0.1) is 0 Å². The van der Waals surface area contributed by atoms with Crippen LogP contribution in [0.2, 0.25) is 0 Å². The number of hydrogen-bond donors (Lipinski definition) is 0. The number of para-hydroxylation sites is 5. The van der Waals surface area contributed by atoms with Gasteiger partial charge in [-0.05, 0) is 42.0 Å². The van der Waals surface area contributed by atoms with Gasteiger partial charge in [0, 0.05) is 17.0 Å². The Labute approximate surface area is 265 Å². The summed E-state index contributed by atoms with van der Waals surface area (Å²) in [6.07, 6.45) is 5.44. The van der Waals surface area contributed by atoms with E-state index in [1.165, 1.54) is 0 Å². The van der Waals surface area contributed by atoms with Crippen LogP contribution >= 0.6 is 0 Å². The van der Waals surface area contributed by atoms with Crippen molar-refractivity contribution >= 4 is 44.4 Å². The highest BCUT2D eigenvalue weighted by Crippen LogP contribution is 2.62. The molecule has 0 atom stereocenters. The highest BCUT2D eigenvalue weighted by atomic mass is 16.5. The molecule has 0 saturated carbocycles. The van der Waals surface area contributed by atoms with E-state index in [1.807, 2.05) is 78.9 Å². The first-order valence-corrected chi connectivity index (χ1v) is 15.1. The Kier molecular flexibility index (Phi) is 5.70. The third kappa shape index (κ3) is 3.77. The van der Waals surface area contributed by atoms with Crippen LogP contribution in [-0.4, -0.2) is 14.5 Å². The third-order valence-corrected chi connectivity index (χ3v) is 8.52. The van der Waals surface area contributed by atoms with Crippen LogP contribution in [-0.2, 0) is 0 Å². The predicted molar refractivity (Wildman–Crippen MR) is 185 cm³/mol. The highest BCUT2D eigenvalue weighted by Gasteiger charge is 2.37. The van der Waals surface area contributed by atoms with Crippen LogP contribution in [0, 0.1) is 0 Å². The molecule has 0 radical (unpaired) electrons. The number of hydrogen-bond acceptors (Lipinski definition) is 5. The molecule has 4 heterocycles. The Morgan fingerprint density at radius 3 is 2.13 bits per heavy atom. The molecule has 0 aliphatic carbocycles. The quantitative estimate of drug-likeness (QED) is 0.186. The molecule has 0 bridgehead atoms. The lowest BCUT2D eigenvalue weighted by atomic mass is 10.0. The monoisotopic (exact) mass is 594 g/mol. The second kappa shape index (κ2) is 10.1. The van der Waals surface area contributed by atoms with E-state index >= 15 is 0 Å². The van der Waals surface area contributed by atoms with E-state index < -0.39 is 0 Å². The maximum atomic E-state index is 6.80. The Morgan fingerprint density at radius 1 is 0.674 bits per heavy atom. The highest BCUT2D eigenvalue weighted by molar-refractivity contribution is 6.17. The van der Waals surface area contributed by atoms with Gasteiger partial charge in [0.1, 0.15) is 5.69 Å². The number of ether oxygens (including phenoxy) is 2. The molecule has 46 heavy (non-hydrogen) atoms. The molecular weight excluding hydrogens is 568 g/mol. The van der Waals surface area contributed by atoms with Gasteiger partial charge in [-0.25, -0.2) is 9.97 Å². The van der Waals surface area contributed by atoms with Crippen molar-refractivity contribution in [2.45, 2.75) is 0 Å². The van der Waals surface area contributed by atoms with Gasteiger partial charge in [-0.3, -0.25) is 9.47 Å². The fourth-order valence-corrected chi connectivity index (χ4v) is 6.54. The van der Waals surface area contributed by atoms with Gasteiger partial charge in [0.2, 0.25) is 5.95 Å². The van der Waals surface area contributed by atoms with Crippen LogP contribution in [0.1, 0.15) is 5.69 Å². The molecule has 0 saturated heterocycles. The van der Waals surface area contributed by atoms with Gasteiger partial charge >= 0.3 is 0 Å². The molecule has 6 heteroatoms. The van der Waals surface area contributed by atoms with E-state index in [9.17, 15) is 0 Å². The maximum Gasteiger partial charge on any atom is 0.235 e. The zero-order chi connectivity index (χ0) is 30.8. The van der Waals surface area contributed by atoms with Gasteiger partial charge in [0.25, 0.3) is 0 Å². The van der Waals surface area contributed by atoms with E-state index in [-0.39, 0.29) is 0 Å². The summed E-state index contributed by atoms with van der Waals surface area (Å²) in [6.45, 7) is 7.96. The molecule has 7 aromatic rings. The van der Waals surface area contributed by atoms with Crippen LogP contribution in [0.3, 0.4) is 0 Å². The average molecular weight is 595 g/mol. The number of anilines is 3. The Hall–Kier alpha value is -6.40. The van der Waals surface area contributed by atoms with E-state index in [2.05, 4.69) is 65.1 Å². The molecular formula is C40H26N4O2. The summed E-state index contributed by atoms with van der Waals surface area (Å²) in [5, 5.41) is 1.98. The topological polar surface area (TPSA) is 52.4 Å². The summed E-state index contributed by atoms with van der Waals surface area (Å²) in [5.41, 5.74) is 7.99. The smallest absolute Gasteiger partial charge is 0.235 e. The van der Waals surface area contributed by atoms with Gasteiger partial charge in [-0.1, -0.05) is 104 Å². The summed E-state index contributed by atoms with van der Waals surface area (Å²) in [5.74, 6) is 3.49. The summed E-state index contributed by atoms with van der Waals surface area (Å²) in [4.78, 5) is 12.5. The number of benzene rings is 5. The Morgan fingerprint density at radius 2 is 1.37 bits per heavy atom. The zero-order valence-corrected chi connectivity index (χ0v) is 24.7. The zero-order valence-electron chi connectivity index (χ0n) is 24.7. The SMILES string of the molecule is C=C/C=C(\C=C)c1cc(-c2ccccc2)nc(-n2c3ccccc3c3c4c5c(cc32)Oc2ccccc2N5c2ccccc2O4)n1. The molecule has 2 aromatic heterocycles. The largest absolute Gasteiger partial charge is 0.453 e. The maximum absolute atomic E-state index is 6.80. The average Bonchev–Trinajstić information content (AvgIpc) is 3.44. The van der Waals surface area contributed by atoms with Crippen molar-refractivity contribution in [2.75, 3.05) is 4.90 Å². The molecule has 0 amide bonds. The first-order chi connectivity index (χ1) is 22.7. The molecule has 0 spiro atoms. The van der Waals surface area contributed by atoms with Crippen molar-refractivity contribution in [1.82, 2.24) is 14.5 Å². The fraction of sp³-hybridized carbons (Fsp3) is 0. The molecule has 6 nitrogen and oxygen atoms in total. The van der Waals surface area contributed by atoms with Gasteiger partial charge < -0.3 is 9.47 Å². The van der Waals surface area contributed by atoms with Crippen molar-refractivity contribution in [3.05, 3.63) is 152 Å². The standard InChI is InChI=1S/C40H26N4O2/c1-3-14-25(4-2)28-23-29(26-15-6-5-7-16-26)42-40(41-28)44-30-18-9-8-17-27(30)37-33(44)24-36-38-39(37)46-35-22-13-11-20-32(35)43(38)31-19-10-12-21-34(31)45-36/h3-24H,1-2H2/b25-14+. The number of fused-ring (bicyclic) bond motifs is 8. The lowest BCUT2D eigenvalue weighted by molar-refractivity contribution is 0.450. The number of nitrogens with zero attached hydrogens (tertiary/aromatic N) is 4. The van der Waals surface area contributed by atoms with E-state index in [0.29, 0.717) is 11.7 Å². The Balaban J connectivity index is 1.39. The van der Waals surface area contributed by atoms with E-state index in [1.54, 1.807) is 12.2 Å². The van der Waals surface area contributed by atoms with E-state index in [4.69, 9.17) is 19.4 Å². The summed E-state index contributed by atoms with van der Waals surface area (Å²) >= 11 is 0. The first-order valence-electron chi connectivity index (χ1n) is 15.1. The summed E-state index contributed by atoms with van der Waals surface area (Å²) in [6, 6.07) is 38.7. The van der Waals surface area contributed by atoms with Crippen LogP contribution in [0.25, 0.3) is 44.6 Å². The number of aromatic nitrogens is 3. The van der Waals surface area contributed by atoms with Crippen LogP contribution in [0.15, 0.2) is 147 Å². The molecule has 9 rings (SSSR count). The molecule has 218 valence electrons. The first kappa shape index (κ1) is 26.0. The van der Waals surface area contributed by atoms with Crippen LogP contribution < -0.4 is 14.4 Å². The van der Waals surface area contributed by atoms with E-state index in [0.717, 1.165) is 78.6 Å². The second-order valence-electron chi connectivity index (χ2n) is 11.1. The van der Waals surface area contributed by atoms with Crippen molar-refractivity contribution in [3.63, 3.8) is 0 Å². The summed E-state index contributed by atoms with van der Waals surface area (Å²) < 4.78 is 15.5. The molecule has 0 N–H and O–H groups in total. The summed E-state index contributed by atoms with van der Waals surface area (Å²) in [7, 11) is 0. The van der Waals surface area contributed by atoms with Crippen LogP contribution in [0.5, 0.6) is 23.0 Å². The van der Waals surface area contributed by atoms with Crippen molar-refractivity contribution in [1.29, 1.82) is 0 Å². The third-order valence-electron chi connectivity index (χ3n) is 8.52. The minimum atomic E-state index is 0.524. The molecule has 0 unspecified atom stereocenters. The van der Waals surface area contributed by atoms with Gasteiger partial charge in [-0.2, -0.15) is 0 Å². The number of allylic oxidation sites excluding steroid dienone is 4. The van der Waals surface area contributed by atoms with Gasteiger partial charge in [0.15, 0.2) is 23.0 Å². The number of rotatable bonds is 5. The lowest BCUT2D eigenvalue weighted by Gasteiger charge is -2.38. The van der Waals surface area contributed by atoms with Crippen molar-refractivity contribution in [3.8, 4) is 40.2 Å². The Bertz CT molecular complexity index is 2410. The van der Waals surface area contributed by atoms with Crippen molar-refractivity contribution in [2.24, 2.45) is 0 Å². The predicted octanol–water partition coefficient (Wildman–Crippen LogP) is 10.7. The minimum absolute atomic E-state index is 0.524. The molecule has 5 aromatic carbocycles. The normalized spacial score (nSPS) is 13.0. The molecule has 0 fully saturated rings. The van der Waals surface area contributed by atoms with Crippen LogP contribution in [0.4, 0.5) is 17.1 Å². The van der Waals surface area contributed by atoms with Crippen molar-refractivity contribution < 1.29 is 9.47 Å². The molecule has 2 aliphatic rings. The minimum Gasteiger partial charge on any atom is -0.453 e. The fourth-order valence-electron chi connectivity index (χ4n) is 6.54.